The summed E-state index contributed by atoms with van der Waals surface area (Å²) in [6, 6.07) is 11.2. The van der Waals surface area contributed by atoms with Crippen LogP contribution < -0.4 is 15.8 Å². The van der Waals surface area contributed by atoms with Gasteiger partial charge < -0.3 is 15.8 Å². The van der Waals surface area contributed by atoms with Crippen molar-refractivity contribution in [1.29, 1.82) is 0 Å². The third kappa shape index (κ3) is 3.33. The summed E-state index contributed by atoms with van der Waals surface area (Å²) in [6.45, 7) is 2.50. The maximum atomic E-state index is 6.14. The van der Waals surface area contributed by atoms with Gasteiger partial charge in [0.15, 0.2) is 0 Å². The number of nitrogen functional groups attached to an aromatic ring is 1. The normalized spacial score (nSPS) is 10.3. The van der Waals surface area contributed by atoms with Gasteiger partial charge in [-0.15, -0.1) is 0 Å². The maximum Gasteiger partial charge on any atom is 0.144 e. The zero-order valence-electron chi connectivity index (χ0n) is 10.4. The second-order valence-corrected chi connectivity index (χ2v) is 5.22. The van der Waals surface area contributed by atoms with Gasteiger partial charge in [0.2, 0.25) is 0 Å². The van der Waals surface area contributed by atoms with Crippen LogP contribution in [0.2, 0.25) is 5.02 Å². The molecular weight excluding hydrogens is 328 g/mol. The highest BCUT2D eigenvalue weighted by Crippen LogP contribution is 2.34. The number of rotatable bonds is 4. The number of nitrogens with one attached hydrogen (secondary N) is 1. The van der Waals surface area contributed by atoms with Crippen LogP contribution >= 0.6 is 27.5 Å². The van der Waals surface area contributed by atoms with Gasteiger partial charge in [-0.2, -0.15) is 0 Å². The summed E-state index contributed by atoms with van der Waals surface area (Å²) in [5.41, 5.74) is 8.19. The van der Waals surface area contributed by atoms with Gasteiger partial charge in [-0.1, -0.05) is 33.6 Å². The van der Waals surface area contributed by atoms with Crippen molar-refractivity contribution in [2.24, 2.45) is 0 Å². The summed E-state index contributed by atoms with van der Waals surface area (Å²) < 4.78 is 6.41. The lowest BCUT2D eigenvalue weighted by Crippen LogP contribution is -2.01. The number of para-hydroxylation sites is 1. The zero-order valence-corrected chi connectivity index (χ0v) is 12.8. The molecule has 19 heavy (non-hydrogen) atoms. The molecule has 5 heteroatoms. The van der Waals surface area contributed by atoms with Crippen LogP contribution in [0.15, 0.2) is 40.9 Å². The summed E-state index contributed by atoms with van der Waals surface area (Å²) >= 11 is 9.56. The Balaban J connectivity index is 2.33. The molecule has 3 nitrogen and oxygen atoms in total. The molecule has 0 saturated carbocycles. The fourth-order valence-corrected chi connectivity index (χ4v) is 2.20. The van der Waals surface area contributed by atoms with E-state index in [0.717, 1.165) is 15.8 Å². The first-order chi connectivity index (χ1) is 9.11. The molecule has 0 aromatic heterocycles. The smallest absolute Gasteiger partial charge is 0.144 e. The second-order valence-electron chi connectivity index (χ2n) is 3.90. The van der Waals surface area contributed by atoms with E-state index in [1.165, 1.54) is 0 Å². The standard InChI is InChI=1S/C14H14BrClN2O/c1-2-19-13-5-3-4-11(14(13)17)18-12-8-9(15)6-7-10(12)16/h3-8,18H,2,17H2,1H3. The van der Waals surface area contributed by atoms with Crippen LogP contribution in [0, 0.1) is 0 Å². The molecule has 2 aromatic carbocycles. The molecule has 0 heterocycles. The lowest BCUT2D eigenvalue weighted by atomic mass is 10.2. The monoisotopic (exact) mass is 340 g/mol. The molecule has 0 bridgehead atoms. The lowest BCUT2D eigenvalue weighted by Gasteiger charge is -2.14. The van der Waals surface area contributed by atoms with Crippen molar-refractivity contribution in [2.75, 3.05) is 17.7 Å². The van der Waals surface area contributed by atoms with E-state index < -0.39 is 0 Å². The van der Waals surface area contributed by atoms with Crippen LogP contribution in [0.3, 0.4) is 0 Å². The van der Waals surface area contributed by atoms with Gasteiger partial charge in [0.05, 0.1) is 28.7 Å². The minimum absolute atomic E-state index is 0.570. The largest absolute Gasteiger partial charge is 0.492 e. The first-order valence-electron chi connectivity index (χ1n) is 5.85. The van der Waals surface area contributed by atoms with Crippen molar-refractivity contribution in [3.8, 4) is 5.75 Å². The van der Waals surface area contributed by atoms with Gasteiger partial charge >= 0.3 is 0 Å². The Morgan fingerprint density at radius 2 is 2.05 bits per heavy atom. The average molecular weight is 342 g/mol. The Kier molecular flexibility index (Phi) is 4.56. The van der Waals surface area contributed by atoms with E-state index in [9.17, 15) is 0 Å². The van der Waals surface area contributed by atoms with E-state index in [1.54, 1.807) is 0 Å². The van der Waals surface area contributed by atoms with Crippen LogP contribution in [-0.2, 0) is 0 Å². The van der Waals surface area contributed by atoms with Crippen molar-refractivity contribution in [3.05, 3.63) is 45.9 Å². The van der Waals surface area contributed by atoms with Crippen LogP contribution in [0.4, 0.5) is 17.1 Å². The van der Waals surface area contributed by atoms with Gasteiger partial charge in [-0.3, -0.25) is 0 Å². The minimum atomic E-state index is 0.570. The average Bonchev–Trinajstić information content (AvgIpc) is 2.39. The molecule has 0 spiro atoms. The van der Waals surface area contributed by atoms with E-state index in [-0.39, 0.29) is 0 Å². The number of anilines is 3. The number of halogens is 2. The highest BCUT2D eigenvalue weighted by molar-refractivity contribution is 9.10. The number of hydrogen-bond acceptors (Lipinski definition) is 3. The Bertz CT molecular complexity index is 590. The van der Waals surface area contributed by atoms with Gasteiger partial charge in [0.25, 0.3) is 0 Å². The molecule has 0 aliphatic heterocycles. The van der Waals surface area contributed by atoms with E-state index >= 15 is 0 Å². The fourth-order valence-electron chi connectivity index (χ4n) is 1.67. The summed E-state index contributed by atoms with van der Waals surface area (Å²) in [6.07, 6.45) is 0. The maximum absolute atomic E-state index is 6.14. The molecular formula is C14H14BrClN2O. The van der Waals surface area contributed by atoms with E-state index in [4.69, 9.17) is 22.1 Å². The van der Waals surface area contributed by atoms with Gasteiger partial charge in [-0.25, -0.2) is 0 Å². The third-order valence-electron chi connectivity index (χ3n) is 2.56. The second kappa shape index (κ2) is 6.17. The molecule has 3 N–H and O–H groups in total. The van der Waals surface area contributed by atoms with Crippen LogP contribution in [-0.4, -0.2) is 6.61 Å². The van der Waals surface area contributed by atoms with Crippen molar-refractivity contribution < 1.29 is 4.74 Å². The molecule has 0 aliphatic rings. The number of ether oxygens (including phenoxy) is 1. The first kappa shape index (κ1) is 14.0. The van der Waals surface area contributed by atoms with Crippen LogP contribution in [0.1, 0.15) is 6.92 Å². The lowest BCUT2D eigenvalue weighted by molar-refractivity contribution is 0.342. The number of nitrogens with two attached hydrogens (primary N) is 1. The van der Waals surface area contributed by atoms with Crippen molar-refractivity contribution in [3.63, 3.8) is 0 Å². The molecule has 2 aromatic rings. The number of hydrogen-bond donors (Lipinski definition) is 2. The predicted octanol–water partition coefficient (Wildman–Crippen LogP) is 4.83. The van der Waals surface area contributed by atoms with Crippen molar-refractivity contribution >= 4 is 44.6 Å². The molecule has 0 amide bonds. The van der Waals surface area contributed by atoms with Crippen LogP contribution in [0.25, 0.3) is 0 Å². The topological polar surface area (TPSA) is 47.3 Å². The summed E-state index contributed by atoms with van der Waals surface area (Å²) in [7, 11) is 0. The molecule has 100 valence electrons. The van der Waals surface area contributed by atoms with Crippen molar-refractivity contribution in [2.45, 2.75) is 6.92 Å². The molecule has 2 rings (SSSR count). The summed E-state index contributed by atoms with van der Waals surface area (Å²) in [5.74, 6) is 0.665. The van der Waals surface area contributed by atoms with Gasteiger partial charge in [-0.05, 0) is 37.3 Å². The quantitative estimate of drug-likeness (QED) is 0.783. The van der Waals surface area contributed by atoms with Crippen molar-refractivity contribution in [1.82, 2.24) is 0 Å². The Labute approximate surface area is 125 Å². The molecule has 0 saturated heterocycles. The Hall–Kier alpha value is -1.39. The minimum Gasteiger partial charge on any atom is -0.492 e. The Morgan fingerprint density at radius 1 is 1.26 bits per heavy atom. The molecule has 0 atom stereocenters. The fraction of sp³-hybridized carbons (Fsp3) is 0.143. The first-order valence-corrected chi connectivity index (χ1v) is 7.02. The molecule has 0 radical (unpaired) electrons. The van der Waals surface area contributed by atoms with E-state index in [0.29, 0.717) is 23.1 Å². The summed E-state index contributed by atoms with van der Waals surface area (Å²) in [4.78, 5) is 0. The summed E-state index contributed by atoms with van der Waals surface area (Å²) in [5, 5.41) is 3.84. The van der Waals surface area contributed by atoms with Crippen LogP contribution in [0.5, 0.6) is 5.75 Å². The molecule has 0 fully saturated rings. The zero-order chi connectivity index (χ0) is 13.8. The van der Waals surface area contributed by atoms with Gasteiger partial charge in [0.1, 0.15) is 5.75 Å². The molecule has 0 unspecified atom stereocenters. The Morgan fingerprint density at radius 3 is 2.79 bits per heavy atom. The highest BCUT2D eigenvalue weighted by Gasteiger charge is 2.08. The highest BCUT2D eigenvalue weighted by atomic mass is 79.9. The molecule has 0 aliphatic carbocycles. The van der Waals surface area contributed by atoms with E-state index in [1.807, 2.05) is 43.3 Å². The third-order valence-corrected chi connectivity index (χ3v) is 3.39. The van der Waals surface area contributed by atoms with E-state index in [2.05, 4.69) is 21.2 Å². The SMILES string of the molecule is CCOc1cccc(Nc2cc(Br)ccc2Cl)c1N. The predicted molar refractivity (Wildman–Crippen MR) is 84.5 cm³/mol. The van der Waals surface area contributed by atoms with Gasteiger partial charge in [0, 0.05) is 4.47 Å². The number of benzene rings is 2.